The zero-order chi connectivity index (χ0) is 8.85. The van der Waals surface area contributed by atoms with Gasteiger partial charge in [0.2, 0.25) is 0 Å². The van der Waals surface area contributed by atoms with Crippen molar-refractivity contribution in [3.63, 3.8) is 0 Å². The molecular weight excluding hydrogens is 148 g/mol. The van der Waals surface area contributed by atoms with E-state index in [0.717, 1.165) is 12.2 Å². The van der Waals surface area contributed by atoms with Crippen molar-refractivity contribution in [2.24, 2.45) is 5.29 Å². The Morgan fingerprint density at radius 3 is 1.73 bits per heavy atom. The molecule has 0 saturated carbocycles. The summed E-state index contributed by atoms with van der Waals surface area (Å²) < 4.78 is 0. The lowest BCUT2D eigenvalue weighted by atomic mass is 10.5. The average molecular weight is 154 g/mol. The zero-order valence-corrected chi connectivity index (χ0v) is 5.69. The molecule has 0 radical (unpaired) electrons. The first-order valence-corrected chi connectivity index (χ1v) is 2.63. The Balaban J connectivity index is 4.51. The van der Waals surface area contributed by atoms with Crippen LogP contribution in [0.1, 0.15) is 0 Å². The van der Waals surface area contributed by atoms with Crippen LogP contribution in [0.3, 0.4) is 0 Å². The van der Waals surface area contributed by atoms with Crippen LogP contribution in [0.2, 0.25) is 0 Å². The van der Waals surface area contributed by atoms with E-state index >= 15 is 0 Å². The third kappa shape index (κ3) is 2.13. The molecule has 0 aromatic carbocycles. The van der Waals surface area contributed by atoms with Gasteiger partial charge >= 0.3 is 0 Å². The Labute approximate surface area is 62.9 Å². The van der Waals surface area contributed by atoms with Gasteiger partial charge in [-0.05, 0) is 12.2 Å². The third-order valence-corrected chi connectivity index (χ3v) is 0.848. The quantitative estimate of drug-likeness (QED) is 0.335. The molecule has 0 N–H and O–H groups in total. The molecule has 11 heavy (non-hydrogen) atoms. The van der Waals surface area contributed by atoms with E-state index in [4.69, 9.17) is 0 Å². The minimum absolute atomic E-state index is 0.125. The summed E-state index contributed by atoms with van der Waals surface area (Å²) in [7, 11) is 0. The van der Waals surface area contributed by atoms with Gasteiger partial charge in [0.15, 0.2) is 0 Å². The average Bonchev–Trinajstić information content (AvgIpc) is 2.05. The van der Waals surface area contributed by atoms with Crippen LogP contribution in [0.25, 0.3) is 0 Å². The summed E-state index contributed by atoms with van der Waals surface area (Å²) in [6.45, 7) is 6.14. The van der Waals surface area contributed by atoms with E-state index in [2.05, 4.69) is 18.4 Å². The van der Waals surface area contributed by atoms with Gasteiger partial charge in [-0.3, -0.25) is 9.59 Å². The number of amides is 2. The topological polar surface area (TPSA) is 66.8 Å². The summed E-state index contributed by atoms with van der Waals surface area (Å²) in [6.07, 6.45) is 1.62. The van der Waals surface area contributed by atoms with Crippen LogP contribution >= 0.6 is 0 Å². The molecule has 0 rings (SSSR count). The van der Waals surface area contributed by atoms with Gasteiger partial charge in [-0.15, -0.1) is 9.92 Å². The second-order valence-corrected chi connectivity index (χ2v) is 1.48. The van der Waals surface area contributed by atoms with Gasteiger partial charge in [-0.2, -0.15) is 0 Å². The normalized spacial score (nSPS) is 8.00. The number of rotatable bonds is 3. The first kappa shape index (κ1) is 9.22. The molecule has 0 aromatic rings. The molecule has 5 heteroatoms. The molecule has 0 aliphatic heterocycles. The SMILES string of the molecule is C=CC(=O)N(N=O)C(=O)C=C. The van der Waals surface area contributed by atoms with Crippen LogP contribution in [0.15, 0.2) is 30.6 Å². The molecule has 0 bridgehead atoms. The number of hydrogen-bond donors (Lipinski definition) is 0. The molecule has 5 nitrogen and oxygen atoms in total. The summed E-state index contributed by atoms with van der Waals surface area (Å²) in [4.78, 5) is 31.0. The van der Waals surface area contributed by atoms with Crippen molar-refractivity contribution in [3.8, 4) is 0 Å². The van der Waals surface area contributed by atoms with Crippen LogP contribution in [-0.2, 0) is 9.59 Å². The van der Waals surface area contributed by atoms with Crippen molar-refractivity contribution < 1.29 is 9.59 Å². The monoisotopic (exact) mass is 154 g/mol. The number of imide groups is 1. The molecule has 0 fully saturated rings. The molecule has 0 unspecified atom stereocenters. The lowest BCUT2D eigenvalue weighted by Crippen LogP contribution is -2.28. The highest BCUT2D eigenvalue weighted by Gasteiger charge is 2.16. The second kappa shape index (κ2) is 4.10. The molecule has 0 spiro atoms. The van der Waals surface area contributed by atoms with E-state index in [1.165, 1.54) is 0 Å². The third-order valence-electron chi connectivity index (χ3n) is 0.848. The second-order valence-electron chi connectivity index (χ2n) is 1.48. The Bertz CT molecular complexity index is 202. The molecule has 2 amide bonds. The van der Waals surface area contributed by atoms with E-state index in [0.29, 0.717) is 0 Å². The number of carbonyl (C=O) groups excluding carboxylic acids is 2. The van der Waals surface area contributed by atoms with E-state index < -0.39 is 11.8 Å². The minimum atomic E-state index is -0.870. The molecule has 58 valence electrons. The Morgan fingerprint density at radius 2 is 1.55 bits per heavy atom. The molecular formula is C6H6N2O3. The lowest BCUT2D eigenvalue weighted by Gasteiger charge is -2.03. The lowest BCUT2D eigenvalue weighted by molar-refractivity contribution is -0.138. The molecule has 0 aromatic heterocycles. The van der Waals surface area contributed by atoms with Gasteiger partial charge in [0.1, 0.15) is 0 Å². The number of carbonyl (C=O) groups is 2. The van der Waals surface area contributed by atoms with Crippen LogP contribution in [0, 0.1) is 4.91 Å². The Kier molecular flexibility index (Phi) is 3.44. The molecule has 0 saturated heterocycles. The predicted octanol–water partition coefficient (Wildman–Crippen LogP) is 0.395. The maximum atomic E-state index is 10.6. The standard InChI is InChI=1S/C6H6N2O3/c1-3-5(9)8(7-11)6(10)4-2/h3-4H,1-2H2. The van der Waals surface area contributed by atoms with Gasteiger partial charge in [0.25, 0.3) is 11.8 Å². The van der Waals surface area contributed by atoms with E-state index in [-0.39, 0.29) is 5.01 Å². The summed E-state index contributed by atoms with van der Waals surface area (Å²) in [5, 5.41) is 2.30. The summed E-state index contributed by atoms with van der Waals surface area (Å²) in [6, 6.07) is 0. The van der Waals surface area contributed by atoms with Gasteiger partial charge < -0.3 is 0 Å². The van der Waals surface area contributed by atoms with Crippen molar-refractivity contribution in [2.75, 3.05) is 0 Å². The summed E-state index contributed by atoms with van der Waals surface area (Å²) in [5.74, 6) is -1.74. The van der Waals surface area contributed by atoms with Crippen LogP contribution in [0.4, 0.5) is 0 Å². The predicted molar refractivity (Wildman–Crippen MR) is 38.0 cm³/mol. The highest BCUT2D eigenvalue weighted by Crippen LogP contribution is 1.93. The molecule has 0 aliphatic carbocycles. The highest BCUT2D eigenvalue weighted by molar-refractivity contribution is 6.04. The van der Waals surface area contributed by atoms with Crippen LogP contribution in [-0.4, -0.2) is 16.8 Å². The number of hydrogen-bond acceptors (Lipinski definition) is 4. The van der Waals surface area contributed by atoms with Gasteiger partial charge in [-0.1, -0.05) is 13.2 Å². The van der Waals surface area contributed by atoms with Crippen LogP contribution < -0.4 is 0 Å². The van der Waals surface area contributed by atoms with Crippen molar-refractivity contribution in [1.29, 1.82) is 0 Å². The van der Waals surface area contributed by atoms with E-state index in [1.54, 1.807) is 0 Å². The van der Waals surface area contributed by atoms with E-state index in [9.17, 15) is 14.5 Å². The largest absolute Gasteiger partial charge is 0.276 e. The number of nitrogens with zero attached hydrogens (tertiary/aromatic N) is 2. The van der Waals surface area contributed by atoms with Gasteiger partial charge in [-0.25, -0.2) is 0 Å². The summed E-state index contributed by atoms with van der Waals surface area (Å²) in [5.41, 5.74) is 0. The fraction of sp³-hybridized carbons (Fsp3) is 0. The van der Waals surface area contributed by atoms with Gasteiger partial charge in [0.05, 0.1) is 5.29 Å². The maximum absolute atomic E-state index is 10.6. The zero-order valence-electron chi connectivity index (χ0n) is 5.69. The molecule has 0 atom stereocenters. The smallest absolute Gasteiger partial charge is 0.267 e. The van der Waals surface area contributed by atoms with Crippen molar-refractivity contribution in [3.05, 3.63) is 30.2 Å². The molecule has 0 heterocycles. The van der Waals surface area contributed by atoms with Gasteiger partial charge in [0, 0.05) is 0 Å². The van der Waals surface area contributed by atoms with Crippen molar-refractivity contribution >= 4 is 11.8 Å². The first-order valence-electron chi connectivity index (χ1n) is 2.63. The minimum Gasteiger partial charge on any atom is -0.267 e. The Morgan fingerprint density at radius 1 is 1.18 bits per heavy atom. The van der Waals surface area contributed by atoms with Crippen LogP contribution in [0.5, 0.6) is 0 Å². The summed E-state index contributed by atoms with van der Waals surface area (Å²) >= 11 is 0. The highest BCUT2D eigenvalue weighted by atomic mass is 16.3. The molecule has 0 aliphatic rings. The Hall–Kier alpha value is -1.78. The fourth-order valence-corrected chi connectivity index (χ4v) is 0.362. The number of nitroso groups, excluding NO2 is 1. The maximum Gasteiger partial charge on any atom is 0.276 e. The fourth-order valence-electron chi connectivity index (χ4n) is 0.362. The first-order chi connectivity index (χ1) is 5.17. The van der Waals surface area contributed by atoms with Crippen molar-refractivity contribution in [1.82, 2.24) is 5.01 Å². The van der Waals surface area contributed by atoms with Crippen molar-refractivity contribution in [2.45, 2.75) is 0 Å². The van der Waals surface area contributed by atoms with E-state index in [1.807, 2.05) is 0 Å².